The van der Waals surface area contributed by atoms with E-state index in [1.54, 1.807) is 37.4 Å². The van der Waals surface area contributed by atoms with Crippen LogP contribution in [0.1, 0.15) is 26.3 Å². The van der Waals surface area contributed by atoms with Crippen LogP contribution in [0.4, 0.5) is 5.69 Å². The van der Waals surface area contributed by atoms with Gasteiger partial charge in [-0.2, -0.15) is 0 Å². The molecule has 0 aromatic heterocycles. The van der Waals surface area contributed by atoms with Crippen molar-refractivity contribution in [2.75, 3.05) is 26.1 Å². The van der Waals surface area contributed by atoms with Gasteiger partial charge >= 0.3 is 0 Å². The lowest BCUT2D eigenvalue weighted by Crippen LogP contribution is -2.38. The first-order valence-corrected chi connectivity index (χ1v) is 9.75. The standard InChI is InChI=1S/C23H26N2O5/c1-6-30-17-10-8-16(9-11-17)24-21-20(22(26)25(14(2)3)23(21)27)15-7-12-18(28-4)19(13-15)29-5/h7-14,24H,6H2,1-5H3. The van der Waals surface area contributed by atoms with Gasteiger partial charge in [0.1, 0.15) is 11.4 Å². The fraction of sp³-hybridized carbons (Fsp3) is 0.304. The lowest BCUT2D eigenvalue weighted by molar-refractivity contribution is -0.138. The van der Waals surface area contributed by atoms with Gasteiger partial charge in [0.15, 0.2) is 11.5 Å². The van der Waals surface area contributed by atoms with Crippen molar-refractivity contribution in [3.63, 3.8) is 0 Å². The van der Waals surface area contributed by atoms with Crippen molar-refractivity contribution in [1.29, 1.82) is 0 Å². The Kier molecular flexibility index (Phi) is 6.30. The molecule has 7 heteroatoms. The molecule has 0 aliphatic carbocycles. The number of rotatable bonds is 8. The highest BCUT2D eigenvalue weighted by atomic mass is 16.5. The molecule has 7 nitrogen and oxygen atoms in total. The second kappa shape index (κ2) is 8.90. The Morgan fingerprint density at radius 2 is 1.60 bits per heavy atom. The van der Waals surface area contributed by atoms with E-state index in [1.807, 2.05) is 32.9 Å². The molecule has 1 heterocycles. The Balaban J connectivity index is 2.06. The van der Waals surface area contributed by atoms with Crippen molar-refractivity contribution >= 4 is 23.1 Å². The number of carbonyl (C=O) groups is 2. The minimum absolute atomic E-state index is 0.227. The van der Waals surface area contributed by atoms with Crippen molar-refractivity contribution in [3.05, 3.63) is 53.7 Å². The molecule has 0 saturated heterocycles. The van der Waals surface area contributed by atoms with Crippen LogP contribution < -0.4 is 19.5 Å². The average Bonchev–Trinajstić information content (AvgIpc) is 2.98. The van der Waals surface area contributed by atoms with Crippen LogP contribution in [0.25, 0.3) is 5.57 Å². The first-order valence-electron chi connectivity index (χ1n) is 9.75. The van der Waals surface area contributed by atoms with E-state index in [0.29, 0.717) is 34.9 Å². The van der Waals surface area contributed by atoms with Gasteiger partial charge in [-0.1, -0.05) is 6.07 Å². The van der Waals surface area contributed by atoms with Gasteiger partial charge in [0.05, 0.1) is 26.4 Å². The first kappa shape index (κ1) is 21.2. The third-order valence-corrected chi connectivity index (χ3v) is 4.74. The molecule has 2 amide bonds. The number of imide groups is 1. The van der Waals surface area contributed by atoms with E-state index in [0.717, 1.165) is 5.75 Å². The lowest BCUT2D eigenvalue weighted by atomic mass is 10.0. The Morgan fingerprint density at radius 1 is 0.933 bits per heavy atom. The molecule has 0 bridgehead atoms. The van der Waals surface area contributed by atoms with Crippen LogP contribution in [-0.4, -0.2) is 43.6 Å². The molecular weight excluding hydrogens is 384 g/mol. The second-order valence-electron chi connectivity index (χ2n) is 6.98. The summed E-state index contributed by atoms with van der Waals surface area (Å²) in [4.78, 5) is 27.5. The SMILES string of the molecule is CCOc1ccc(NC2=C(c3ccc(OC)c(OC)c3)C(=O)N(C(C)C)C2=O)cc1. The van der Waals surface area contributed by atoms with Gasteiger partial charge in [-0.3, -0.25) is 14.5 Å². The van der Waals surface area contributed by atoms with Gasteiger partial charge in [0.2, 0.25) is 0 Å². The van der Waals surface area contributed by atoms with E-state index in [-0.39, 0.29) is 23.6 Å². The quantitative estimate of drug-likeness (QED) is 0.669. The molecule has 30 heavy (non-hydrogen) atoms. The van der Waals surface area contributed by atoms with Gasteiger partial charge in [0.25, 0.3) is 11.8 Å². The van der Waals surface area contributed by atoms with Crippen molar-refractivity contribution in [1.82, 2.24) is 4.90 Å². The predicted molar refractivity (Wildman–Crippen MR) is 115 cm³/mol. The van der Waals surface area contributed by atoms with E-state index in [1.165, 1.54) is 12.0 Å². The minimum Gasteiger partial charge on any atom is -0.494 e. The summed E-state index contributed by atoms with van der Waals surface area (Å²) in [7, 11) is 3.07. The zero-order valence-corrected chi connectivity index (χ0v) is 17.8. The summed E-state index contributed by atoms with van der Waals surface area (Å²) in [5.74, 6) is 1.03. The zero-order valence-electron chi connectivity index (χ0n) is 17.8. The number of methoxy groups -OCH3 is 2. The number of nitrogens with one attached hydrogen (secondary N) is 1. The molecule has 3 rings (SSSR count). The smallest absolute Gasteiger partial charge is 0.278 e. The molecule has 0 saturated carbocycles. The van der Waals surface area contributed by atoms with Gasteiger partial charge < -0.3 is 19.5 Å². The summed E-state index contributed by atoms with van der Waals surface area (Å²) in [6.45, 7) is 6.09. The lowest BCUT2D eigenvalue weighted by Gasteiger charge is -2.19. The highest BCUT2D eigenvalue weighted by Gasteiger charge is 2.40. The number of hydrogen-bond donors (Lipinski definition) is 1. The summed E-state index contributed by atoms with van der Waals surface area (Å²) in [6, 6.07) is 12.1. The Bertz CT molecular complexity index is 980. The van der Waals surface area contributed by atoms with Crippen molar-refractivity contribution in [2.24, 2.45) is 0 Å². The largest absolute Gasteiger partial charge is 0.494 e. The average molecular weight is 410 g/mol. The molecule has 0 radical (unpaired) electrons. The summed E-state index contributed by atoms with van der Waals surface area (Å²) >= 11 is 0. The molecule has 0 unspecified atom stereocenters. The molecule has 2 aromatic carbocycles. The number of ether oxygens (including phenoxy) is 3. The molecular formula is C23H26N2O5. The Morgan fingerprint density at radius 3 is 2.17 bits per heavy atom. The number of carbonyl (C=O) groups excluding carboxylic acids is 2. The fourth-order valence-electron chi connectivity index (χ4n) is 3.34. The maximum Gasteiger partial charge on any atom is 0.278 e. The van der Waals surface area contributed by atoms with Crippen LogP contribution in [0.2, 0.25) is 0 Å². The molecule has 0 spiro atoms. The zero-order chi connectivity index (χ0) is 21.8. The minimum atomic E-state index is -0.367. The highest BCUT2D eigenvalue weighted by Crippen LogP contribution is 2.36. The molecule has 1 aliphatic heterocycles. The molecule has 1 N–H and O–H groups in total. The summed E-state index contributed by atoms with van der Waals surface area (Å²) in [6.07, 6.45) is 0. The molecule has 0 fully saturated rings. The Hall–Kier alpha value is -3.48. The highest BCUT2D eigenvalue weighted by molar-refractivity contribution is 6.36. The van der Waals surface area contributed by atoms with Gasteiger partial charge in [0, 0.05) is 11.7 Å². The second-order valence-corrected chi connectivity index (χ2v) is 6.98. The van der Waals surface area contributed by atoms with Crippen LogP contribution in [0, 0.1) is 0 Å². The monoisotopic (exact) mass is 410 g/mol. The van der Waals surface area contributed by atoms with E-state index in [2.05, 4.69) is 5.32 Å². The van der Waals surface area contributed by atoms with E-state index >= 15 is 0 Å². The molecule has 0 atom stereocenters. The molecule has 1 aliphatic rings. The number of nitrogens with zero attached hydrogens (tertiary/aromatic N) is 1. The van der Waals surface area contributed by atoms with Gasteiger partial charge in [-0.05, 0) is 62.7 Å². The summed E-state index contributed by atoms with van der Waals surface area (Å²) in [5, 5.41) is 3.13. The molecule has 158 valence electrons. The van der Waals surface area contributed by atoms with Crippen molar-refractivity contribution < 1.29 is 23.8 Å². The van der Waals surface area contributed by atoms with Crippen LogP contribution in [0.5, 0.6) is 17.2 Å². The van der Waals surface area contributed by atoms with E-state index in [4.69, 9.17) is 14.2 Å². The number of anilines is 1. The summed E-state index contributed by atoms with van der Waals surface area (Å²) < 4.78 is 16.1. The summed E-state index contributed by atoms with van der Waals surface area (Å²) in [5.41, 5.74) is 1.77. The Labute approximate surface area is 176 Å². The van der Waals surface area contributed by atoms with Gasteiger partial charge in [-0.15, -0.1) is 0 Å². The number of benzene rings is 2. The van der Waals surface area contributed by atoms with Crippen LogP contribution >= 0.6 is 0 Å². The maximum atomic E-state index is 13.2. The third kappa shape index (κ3) is 3.96. The molecule has 2 aromatic rings. The third-order valence-electron chi connectivity index (χ3n) is 4.74. The van der Waals surface area contributed by atoms with Crippen LogP contribution in [-0.2, 0) is 9.59 Å². The number of hydrogen-bond acceptors (Lipinski definition) is 6. The normalized spacial score (nSPS) is 13.9. The first-order chi connectivity index (χ1) is 14.4. The topological polar surface area (TPSA) is 77.1 Å². The maximum absolute atomic E-state index is 13.2. The van der Waals surface area contributed by atoms with Crippen molar-refractivity contribution in [2.45, 2.75) is 26.8 Å². The van der Waals surface area contributed by atoms with Crippen molar-refractivity contribution in [3.8, 4) is 17.2 Å². The van der Waals surface area contributed by atoms with Crippen LogP contribution in [0.15, 0.2) is 48.2 Å². The van der Waals surface area contributed by atoms with E-state index in [9.17, 15) is 9.59 Å². The van der Waals surface area contributed by atoms with Crippen LogP contribution in [0.3, 0.4) is 0 Å². The van der Waals surface area contributed by atoms with E-state index < -0.39 is 0 Å². The predicted octanol–water partition coefficient (Wildman–Crippen LogP) is 3.70. The van der Waals surface area contributed by atoms with Gasteiger partial charge in [-0.25, -0.2) is 0 Å². The number of amides is 2. The fourth-order valence-corrected chi connectivity index (χ4v) is 3.34.